The van der Waals surface area contributed by atoms with E-state index in [0.29, 0.717) is 11.4 Å². The van der Waals surface area contributed by atoms with Crippen LogP contribution in [0.1, 0.15) is 38.2 Å². The monoisotopic (exact) mass is 564 g/mol. The van der Waals surface area contributed by atoms with E-state index in [4.69, 9.17) is 4.74 Å². The first-order valence-corrected chi connectivity index (χ1v) is 12.4. The van der Waals surface area contributed by atoms with Crippen molar-refractivity contribution in [1.82, 2.24) is 10.6 Å². The fourth-order valence-electron chi connectivity index (χ4n) is 3.27. The summed E-state index contributed by atoms with van der Waals surface area (Å²) >= 11 is 0. The number of hydrogen-bond acceptors (Lipinski definition) is 5. The number of rotatable bonds is 16. The van der Waals surface area contributed by atoms with Crippen molar-refractivity contribution in [1.29, 1.82) is 0 Å². The number of nitrogens with one attached hydrogen (secondary N) is 2. The SMILES string of the molecule is CCCCCCc1ccc(N=Nc2ccc(OCCNCCNC(=O)C(F)(F)C(F)(F)C(F)(F)F)cc2)cc1. The highest BCUT2D eigenvalue weighted by atomic mass is 19.4. The number of hydrogen-bond donors (Lipinski definition) is 2. The summed E-state index contributed by atoms with van der Waals surface area (Å²) in [5, 5.41) is 12.4. The molecule has 6 nitrogen and oxygen atoms in total. The van der Waals surface area contributed by atoms with Gasteiger partial charge >= 0.3 is 18.0 Å². The van der Waals surface area contributed by atoms with Crippen LogP contribution >= 0.6 is 0 Å². The summed E-state index contributed by atoms with van der Waals surface area (Å²) in [6, 6.07) is 14.6. The minimum atomic E-state index is -6.57. The topological polar surface area (TPSA) is 75.1 Å². The Kier molecular flexibility index (Phi) is 12.1. The molecular formula is C26H31F7N4O2. The molecule has 1 amide bonds. The van der Waals surface area contributed by atoms with Crippen molar-refractivity contribution in [3.8, 4) is 5.75 Å². The molecule has 0 aliphatic carbocycles. The van der Waals surface area contributed by atoms with Gasteiger partial charge in [0.25, 0.3) is 5.91 Å². The summed E-state index contributed by atoms with van der Waals surface area (Å²) in [6.45, 7) is 1.73. The molecule has 0 aliphatic rings. The van der Waals surface area contributed by atoms with Gasteiger partial charge in [0.2, 0.25) is 0 Å². The van der Waals surface area contributed by atoms with Gasteiger partial charge in [-0.2, -0.15) is 41.0 Å². The van der Waals surface area contributed by atoms with E-state index in [2.05, 4.69) is 22.5 Å². The minimum Gasteiger partial charge on any atom is -0.492 e. The van der Waals surface area contributed by atoms with Crippen molar-refractivity contribution in [3.05, 3.63) is 54.1 Å². The average Bonchev–Trinajstić information content (AvgIpc) is 2.89. The largest absolute Gasteiger partial charge is 0.492 e. The van der Waals surface area contributed by atoms with Crippen LogP contribution in [0.15, 0.2) is 58.8 Å². The Hall–Kier alpha value is -3.22. The lowest BCUT2D eigenvalue weighted by molar-refractivity contribution is -0.344. The number of halogens is 7. The zero-order valence-corrected chi connectivity index (χ0v) is 21.3. The third-order valence-electron chi connectivity index (χ3n) is 5.54. The molecule has 216 valence electrons. The fourth-order valence-corrected chi connectivity index (χ4v) is 3.27. The molecular weight excluding hydrogens is 533 g/mol. The normalized spacial score (nSPS) is 12.6. The second kappa shape index (κ2) is 14.8. The lowest BCUT2D eigenvalue weighted by Gasteiger charge is -2.27. The minimum absolute atomic E-state index is 0.127. The maximum Gasteiger partial charge on any atom is 0.460 e. The molecule has 0 fully saturated rings. The van der Waals surface area contributed by atoms with Gasteiger partial charge in [0.05, 0.1) is 11.4 Å². The molecule has 0 radical (unpaired) electrons. The summed E-state index contributed by atoms with van der Waals surface area (Å²) in [4.78, 5) is 11.1. The van der Waals surface area contributed by atoms with Crippen molar-refractivity contribution < 1.29 is 40.3 Å². The zero-order chi connectivity index (χ0) is 28.9. The summed E-state index contributed by atoms with van der Waals surface area (Å²) in [5.41, 5.74) is 2.60. The molecule has 2 N–H and O–H groups in total. The van der Waals surface area contributed by atoms with Gasteiger partial charge in [-0.15, -0.1) is 0 Å². The first-order chi connectivity index (χ1) is 18.4. The highest BCUT2D eigenvalue weighted by molar-refractivity contribution is 5.84. The number of benzene rings is 2. The molecule has 2 aromatic carbocycles. The quantitative estimate of drug-likeness (QED) is 0.129. The molecule has 0 spiro atoms. The predicted molar refractivity (Wildman–Crippen MR) is 132 cm³/mol. The van der Waals surface area contributed by atoms with Crippen LogP contribution in [0.25, 0.3) is 0 Å². The van der Waals surface area contributed by atoms with Gasteiger partial charge in [-0.25, -0.2) is 0 Å². The molecule has 2 aromatic rings. The number of unbranched alkanes of at least 4 members (excludes halogenated alkanes) is 3. The van der Waals surface area contributed by atoms with Gasteiger partial charge in [0, 0.05) is 19.6 Å². The summed E-state index contributed by atoms with van der Waals surface area (Å²) in [6.07, 6.45) is -0.695. The highest BCUT2D eigenvalue weighted by Gasteiger charge is 2.76. The lowest BCUT2D eigenvalue weighted by atomic mass is 10.1. The molecule has 13 heteroatoms. The van der Waals surface area contributed by atoms with E-state index in [1.54, 1.807) is 24.3 Å². The molecule has 0 heterocycles. The Labute approximate surface area is 222 Å². The van der Waals surface area contributed by atoms with E-state index in [0.717, 1.165) is 18.5 Å². The molecule has 0 aliphatic heterocycles. The molecule has 0 saturated heterocycles. The van der Waals surface area contributed by atoms with Crippen molar-refractivity contribution in [2.75, 3.05) is 26.2 Å². The second-order valence-corrected chi connectivity index (χ2v) is 8.67. The van der Waals surface area contributed by atoms with E-state index in [1.807, 2.05) is 24.3 Å². The highest BCUT2D eigenvalue weighted by Crippen LogP contribution is 2.46. The molecule has 0 unspecified atom stereocenters. The maximum atomic E-state index is 13.2. The van der Waals surface area contributed by atoms with Crippen LogP contribution in [0.5, 0.6) is 5.75 Å². The summed E-state index contributed by atoms with van der Waals surface area (Å²) in [7, 11) is 0. The molecule has 2 rings (SSSR count). The third kappa shape index (κ3) is 9.79. The third-order valence-corrected chi connectivity index (χ3v) is 5.54. The van der Waals surface area contributed by atoms with Gasteiger partial charge in [0.1, 0.15) is 12.4 Å². The lowest BCUT2D eigenvalue weighted by Crippen LogP contribution is -2.59. The van der Waals surface area contributed by atoms with Crippen LogP contribution in [-0.2, 0) is 11.2 Å². The summed E-state index contributed by atoms with van der Waals surface area (Å²) in [5.74, 6) is -14.6. The number of carbonyl (C=O) groups excluding carboxylic acids is 1. The zero-order valence-electron chi connectivity index (χ0n) is 21.3. The van der Waals surface area contributed by atoms with Crippen LogP contribution in [0.3, 0.4) is 0 Å². The molecule has 0 bridgehead atoms. The van der Waals surface area contributed by atoms with Gasteiger partial charge < -0.3 is 15.4 Å². The van der Waals surface area contributed by atoms with Gasteiger partial charge in [-0.05, 0) is 54.8 Å². The summed E-state index contributed by atoms with van der Waals surface area (Å²) < 4.78 is 93.9. The number of alkyl halides is 7. The first kappa shape index (κ1) is 32.0. The Bertz CT molecular complexity index is 1040. The number of carbonyl (C=O) groups is 1. The number of amides is 1. The number of ether oxygens (including phenoxy) is 1. The molecule has 0 saturated carbocycles. The Morgan fingerprint density at radius 3 is 1.95 bits per heavy atom. The van der Waals surface area contributed by atoms with Crippen molar-refractivity contribution >= 4 is 17.3 Å². The van der Waals surface area contributed by atoms with Crippen molar-refractivity contribution in [3.63, 3.8) is 0 Å². The van der Waals surface area contributed by atoms with Crippen LogP contribution in [0.2, 0.25) is 0 Å². The van der Waals surface area contributed by atoms with Crippen LogP contribution < -0.4 is 15.4 Å². The molecule has 0 aromatic heterocycles. The van der Waals surface area contributed by atoms with Crippen LogP contribution in [0.4, 0.5) is 42.1 Å². The van der Waals surface area contributed by atoms with E-state index in [-0.39, 0.29) is 19.7 Å². The fraction of sp³-hybridized carbons (Fsp3) is 0.500. The van der Waals surface area contributed by atoms with Gasteiger partial charge in [0.15, 0.2) is 0 Å². The number of nitrogens with zero attached hydrogens (tertiary/aromatic N) is 2. The van der Waals surface area contributed by atoms with E-state index >= 15 is 0 Å². The molecule has 39 heavy (non-hydrogen) atoms. The van der Waals surface area contributed by atoms with Crippen LogP contribution in [0, 0.1) is 0 Å². The average molecular weight is 565 g/mol. The van der Waals surface area contributed by atoms with Gasteiger partial charge in [-0.3, -0.25) is 4.79 Å². The van der Waals surface area contributed by atoms with Crippen molar-refractivity contribution in [2.45, 2.75) is 57.0 Å². The second-order valence-electron chi connectivity index (χ2n) is 8.67. The van der Waals surface area contributed by atoms with E-state index in [9.17, 15) is 35.5 Å². The van der Waals surface area contributed by atoms with Crippen LogP contribution in [-0.4, -0.2) is 50.2 Å². The van der Waals surface area contributed by atoms with E-state index < -0.39 is 30.5 Å². The molecule has 0 atom stereocenters. The van der Waals surface area contributed by atoms with Gasteiger partial charge in [-0.1, -0.05) is 38.3 Å². The Morgan fingerprint density at radius 1 is 0.795 bits per heavy atom. The number of azo groups is 1. The van der Waals surface area contributed by atoms with E-state index in [1.165, 1.54) is 30.1 Å². The predicted octanol–water partition coefficient (Wildman–Crippen LogP) is 7.14. The standard InChI is InChI=1S/C26H31F7N4O2/c1-2-3-4-5-6-19-7-9-20(10-8-19)36-37-21-11-13-22(14-12-21)39-18-17-34-15-16-35-23(38)24(27,28)25(29,30)26(31,32)33/h7-14,34H,2-6,15-18H2,1H3,(H,35,38). The maximum absolute atomic E-state index is 13.2. The smallest absolute Gasteiger partial charge is 0.460 e. The Morgan fingerprint density at radius 2 is 1.38 bits per heavy atom. The Balaban J connectivity index is 1.66. The first-order valence-electron chi connectivity index (χ1n) is 12.4. The number of aryl methyl sites for hydroxylation is 1. The van der Waals surface area contributed by atoms with Crippen molar-refractivity contribution in [2.24, 2.45) is 10.2 Å².